The molecule has 1 aromatic heterocycles. The lowest BCUT2D eigenvalue weighted by Crippen LogP contribution is -2.40. The standard InChI is InChI=1S/C31H30ClFN6O4.C2H6/c32-26-13-21(33)8-9-28(26)39-17-20(15-37-39)30(40)38-18-23(14-29(38)31(41)42)43-22-5-1-4-19(12-22)24-6-2-7-27(35)25(24)16-36-11-3-10-34;1-2/h1-2,4-9,12-13,15-17,23,29H,3,10-11,14,18,34-35H2,(H,41,42);1-2H3. The molecular weight excluding hydrogens is 599 g/mol. The van der Waals surface area contributed by atoms with Crippen molar-refractivity contribution in [1.29, 1.82) is 0 Å². The molecule has 10 nitrogen and oxygen atoms in total. The van der Waals surface area contributed by atoms with Gasteiger partial charge in [-0.1, -0.05) is 49.7 Å². The van der Waals surface area contributed by atoms with Crippen LogP contribution in [-0.4, -0.2) is 69.7 Å². The van der Waals surface area contributed by atoms with Gasteiger partial charge in [0.05, 0.1) is 29.0 Å². The molecule has 12 heteroatoms. The Labute approximate surface area is 266 Å². The number of aromatic nitrogens is 2. The first-order chi connectivity index (χ1) is 21.7. The minimum atomic E-state index is -1.14. The number of carboxylic acid groups (broad SMARTS) is 1. The van der Waals surface area contributed by atoms with Crippen LogP contribution >= 0.6 is 11.6 Å². The minimum Gasteiger partial charge on any atom is -0.488 e. The minimum absolute atomic E-state index is 0.0554. The topological polar surface area (TPSA) is 149 Å². The number of amides is 1. The number of ether oxygens (including phenoxy) is 1. The molecule has 1 aliphatic heterocycles. The summed E-state index contributed by atoms with van der Waals surface area (Å²) in [5.41, 5.74) is 15.4. The number of carbonyl (C=O) groups is 2. The number of carbonyl (C=O) groups excluding carboxylic acids is 1. The van der Waals surface area contributed by atoms with Crippen LogP contribution in [0.3, 0.4) is 0 Å². The van der Waals surface area contributed by atoms with Gasteiger partial charge < -0.3 is 26.2 Å². The number of carboxylic acids is 1. The first-order valence-electron chi connectivity index (χ1n) is 14.6. The monoisotopic (exact) mass is 634 g/mol. The fourth-order valence-corrected chi connectivity index (χ4v) is 5.24. The van der Waals surface area contributed by atoms with Gasteiger partial charge in [0, 0.05) is 36.6 Å². The molecule has 2 heterocycles. The van der Waals surface area contributed by atoms with E-state index < -0.39 is 29.8 Å². The fraction of sp³-hybridized carbons (Fsp3) is 0.273. The second kappa shape index (κ2) is 15.3. The molecule has 1 amide bonds. The molecule has 1 aliphatic rings. The van der Waals surface area contributed by atoms with Gasteiger partial charge in [0.1, 0.15) is 23.7 Å². The molecular formula is C33H36ClFN6O4. The third-order valence-corrected chi connectivity index (χ3v) is 7.40. The normalized spacial score (nSPS) is 16.0. The van der Waals surface area contributed by atoms with E-state index in [4.69, 9.17) is 27.8 Å². The number of hydrogen-bond acceptors (Lipinski definition) is 7. The van der Waals surface area contributed by atoms with E-state index in [0.717, 1.165) is 29.2 Å². The summed E-state index contributed by atoms with van der Waals surface area (Å²) >= 11 is 6.13. The van der Waals surface area contributed by atoms with E-state index in [-0.39, 0.29) is 23.6 Å². The maximum Gasteiger partial charge on any atom is 0.326 e. The molecule has 0 bridgehead atoms. The average Bonchev–Trinajstić information content (AvgIpc) is 3.69. The zero-order valence-corrected chi connectivity index (χ0v) is 25.8. The third-order valence-electron chi connectivity index (χ3n) is 7.09. The Morgan fingerprint density at radius 3 is 2.69 bits per heavy atom. The van der Waals surface area contributed by atoms with E-state index >= 15 is 0 Å². The van der Waals surface area contributed by atoms with E-state index in [1.165, 1.54) is 34.1 Å². The maximum absolute atomic E-state index is 13.5. The van der Waals surface area contributed by atoms with E-state index in [1.807, 2.05) is 50.2 Å². The number of anilines is 1. The SMILES string of the molecule is CC.NCCCN=Cc1c(N)cccc1-c1cccc(OC2CC(C(=O)O)N(C(=O)c3cnn(-c4ccc(F)cc4Cl)c3)C2)c1. The summed E-state index contributed by atoms with van der Waals surface area (Å²) in [6.07, 6.45) is 4.80. The summed E-state index contributed by atoms with van der Waals surface area (Å²) in [6.45, 7) is 5.20. The van der Waals surface area contributed by atoms with Crippen molar-refractivity contribution in [3.8, 4) is 22.6 Å². The lowest BCUT2D eigenvalue weighted by Gasteiger charge is -2.20. The molecule has 5 rings (SSSR count). The third kappa shape index (κ3) is 7.86. The Kier molecular flexibility index (Phi) is 11.3. The Morgan fingerprint density at radius 2 is 1.96 bits per heavy atom. The molecule has 236 valence electrons. The molecule has 0 radical (unpaired) electrons. The molecule has 0 aliphatic carbocycles. The molecule has 5 N–H and O–H groups in total. The Hall–Kier alpha value is -4.74. The van der Waals surface area contributed by atoms with Crippen molar-refractivity contribution in [2.75, 3.05) is 25.4 Å². The second-order valence-electron chi connectivity index (χ2n) is 10.1. The number of aliphatic carboxylic acids is 1. The molecule has 2 unspecified atom stereocenters. The highest BCUT2D eigenvalue weighted by Crippen LogP contribution is 2.31. The van der Waals surface area contributed by atoms with Crippen LogP contribution in [0.25, 0.3) is 16.8 Å². The van der Waals surface area contributed by atoms with Crippen LogP contribution in [0.4, 0.5) is 10.1 Å². The van der Waals surface area contributed by atoms with Crippen molar-refractivity contribution in [3.63, 3.8) is 0 Å². The van der Waals surface area contributed by atoms with Crippen molar-refractivity contribution < 1.29 is 23.8 Å². The molecule has 3 aromatic carbocycles. The number of benzene rings is 3. The van der Waals surface area contributed by atoms with Crippen molar-refractivity contribution in [1.82, 2.24) is 14.7 Å². The van der Waals surface area contributed by atoms with E-state index in [9.17, 15) is 19.1 Å². The van der Waals surface area contributed by atoms with Crippen LogP contribution in [0.5, 0.6) is 5.75 Å². The smallest absolute Gasteiger partial charge is 0.326 e. The van der Waals surface area contributed by atoms with Crippen LogP contribution in [0.1, 0.15) is 42.6 Å². The molecule has 0 saturated carbocycles. The lowest BCUT2D eigenvalue weighted by molar-refractivity contribution is -0.141. The highest BCUT2D eigenvalue weighted by molar-refractivity contribution is 6.32. The van der Waals surface area contributed by atoms with Crippen molar-refractivity contribution >= 4 is 35.4 Å². The van der Waals surface area contributed by atoms with Gasteiger partial charge in [0.25, 0.3) is 5.91 Å². The second-order valence-corrected chi connectivity index (χ2v) is 10.5. The summed E-state index contributed by atoms with van der Waals surface area (Å²) in [4.78, 5) is 31.2. The number of rotatable bonds is 10. The van der Waals surface area contributed by atoms with E-state index in [0.29, 0.717) is 30.2 Å². The van der Waals surface area contributed by atoms with Crippen LogP contribution in [0.15, 0.2) is 78.0 Å². The van der Waals surface area contributed by atoms with Gasteiger partial charge in [0.2, 0.25) is 0 Å². The number of likely N-dealkylation sites (tertiary alicyclic amines) is 1. The van der Waals surface area contributed by atoms with Crippen LogP contribution in [0.2, 0.25) is 5.02 Å². The summed E-state index contributed by atoms with van der Waals surface area (Å²) in [5.74, 6) is -1.64. The van der Waals surface area contributed by atoms with Gasteiger partial charge in [-0.3, -0.25) is 9.79 Å². The first-order valence-corrected chi connectivity index (χ1v) is 15.0. The van der Waals surface area contributed by atoms with Crippen LogP contribution in [-0.2, 0) is 4.79 Å². The highest BCUT2D eigenvalue weighted by Gasteiger charge is 2.41. The quantitative estimate of drug-likeness (QED) is 0.119. The zero-order chi connectivity index (χ0) is 32.5. The molecule has 4 aromatic rings. The van der Waals surface area contributed by atoms with Gasteiger partial charge in [-0.05, 0) is 60.5 Å². The predicted octanol–water partition coefficient (Wildman–Crippen LogP) is 5.45. The number of hydrogen-bond donors (Lipinski definition) is 3. The molecule has 1 saturated heterocycles. The summed E-state index contributed by atoms with van der Waals surface area (Å²) in [7, 11) is 0. The molecule has 45 heavy (non-hydrogen) atoms. The van der Waals surface area contributed by atoms with Gasteiger partial charge in [-0.25, -0.2) is 13.9 Å². The number of aliphatic imine (C=N–C) groups is 1. The predicted molar refractivity (Wildman–Crippen MR) is 174 cm³/mol. The number of nitrogens with two attached hydrogens (primary N) is 2. The van der Waals surface area contributed by atoms with E-state index in [2.05, 4.69) is 10.1 Å². The zero-order valence-electron chi connectivity index (χ0n) is 25.1. The van der Waals surface area contributed by atoms with E-state index in [1.54, 1.807) is 12.3 Å². The van der Waals surface area contributed by atoms with Gasteiger partial charge in [0.15, 0.2) is 0 Å². The van der Waals surface area contributed by atoms with Gasteiger partial charge in [-0.2, -0.15) is 5.10 Å². The Balaban J connectivity index is 0.00000226. The first kappa shape index (κ1) is 33.2. The average molecular weight is 635 g/mol. The Bertz CT molecular complexity index is 1680. The number of nitrogen functional groups attached to an aromatic ring is 1. The highest BCUT2D eigenvalue weighted by atomic mass is 35.5. The molecule has 2 atom stereocenters. The fourth-order valence-electron chi connectivity index (χ4n) is 4.99. The van der Waals surface area contributed by atoms with Crippen LogP contribution < -0.4 is 16.2 Å². The maximum atomic E-state index is 13.5. The number of nitrogens with zero attached hydrogens (tertiary/aromatic N) is 4. The largest absolute Gasteiger partial charge is 0.488 e. The summed E-state index contributed by atoms with van der Waals surface area (Å²) in [6, 6.07) is 15.7. The Morgan fingerprint density at radius 1 is 1.18 bits per heavy atom. The van der Waals surface area contributed by atoms with Crippen molar-refractivity contribution in [2.45, 2.75) is 38.8 Å². The summed E-state index contributed by atoms with van der Waals surface area (Å²) in [5, 5.41) is 14.2. The van der Waals surface area contributed by atoms with Gasteiger partial charge >= 0.3 is 5.97 Å². The summed E-state index contributed by atoms with van der Waals surface area (Å²) < 4.78 is 21.0. The van der Waals surface area contributed by atoms with Crippen molar-refractivity contribution in [2.24, 2.45) is 10.7 Å². The van der Waals surface area contributed by atoms with Crippen molar-refractivity contribution in [3.05, 3.63) is 95.0 Å². The van der Waals surface area contributed by atoms with Gasteiger partial charge in [-0.15, -0.1) is 0 Å². The number of halogens is 2. The molecule has 1 fully saturated rings. The lowest BCUT2D eigenvalue weighted by atomic mass is 9.98. The van der Waals surface area contributed by atoms with Crippen LogP contribution in [0, 0.1) is 5.82 Å². The molecule has 0 spiro atoms.